The Morgan fingerprint density at radius 2 is 1.00 bits per heavy atom. The molecule has 0 N–H and O–H groups in total. The van der Waals surface area contributed by atoms with Crippen LogP contribution in [0.3, 0.4) is 0 Å². The molecule has 10 heteroatoms. The van der Waals surface area contributed by atoms with E-state index in [4.69, 9.17) is 18.9 Å². The fourth-order valence-electron chi connectivity index (χ4n) is 2.23. The molecule has 2 aromatic carbocycles. The quantitative estimate of drug-likeness (QED) is 0.197. The predicted molar refractivity (Wildman–Crippen MR) is 120 cm³/mol. The lowest BCUT2D eigenvalue weighted by Crippen LogP contribution is -2.12. The zero-order valence-corrected chi connectivity index (χ0v) is 18.2. The highest BCUT2D eigenvalue weighted by Gasteiger charge is 2.08. The van der Waals surface area contributed by atoms with E-state index in [0.717, 1.165) is 12.2 Å². The minimum absolute atomic E-state index is 0.0882. The Morgan fingerprint density at radius 3 is 1.32 bits per heavy atom. The van der Waals surface area contributed by atoms with E-state index in [2.05, 4.69) is 23.4 Å². The number of azo groups is 1. The van der Waals surface area contributed by atoms with Crippen LogP contribution >= 0.6 is 0 Å². The first-order valence-electron chi connectivity index (χ1n) is 10.0. The molecule has 0 spiro atoms. The van der Waals surface area contributed by atoms with Gasteiger partial charge in [0.15, 0.2) is 0 Å². The van der Waals surface area contributed by atoms with Gasteiger partial charge >= 0.3 is 23.9 Å². The smallest absolute Gasteiger partial charge is 0.330 e. The zero-order chi connectivity index (χ0) is 24.8. The molecule has 0 radical (unpaired) electrons. The minimum atomic E-state index is -0.609. The molecule has 2 rings (SSSR count). The molecule has 0 bridgehead atoms. The lowest BCUT2D eigenvalue weighted by molar-refractivity contribution is -0.143. The van der Waals surface area contributed by atoms with Crippen molar-refractivity contribution in [2.75, 3.05) is 13.2 Å². The molecule has 0 atom stereocenters. The predicted octanol–water partition coefficient (Wildman–Crippen LogP) is 4.15. The molecule has 10 nitrogen and oxygen atoms in total. The van der Waals surface area contributed by atoms with Gasteiger partial charge in [-0.05, 0) is 48.5 Å². The van der Waals surface area contributed by atoms with E-state index >= 15 is 0 Å². The first-order valence-corrected chi connectivity index (χ1v) is 10.0. The van der Waals surface area contributed by atoms with Gasteiger partial charge in [-0.2, -0.15) is 10.2 Å². The number of hydrogen-bond acceptors (Lipinski definition) is 10. The Balaban J connectivity index is 1.79. The molecule has 2 aromatic rings. The number of rotatable bonds is 12. The van der Waals surface area contributed by atoms with Gasteiger partial charge in [0.1, 0.15) is 24.7 Å². The van der Waals surface area contributed by atoms with Crippen LogP contribution in [0.15, 0.2) is 84.1 Å². The van der Waals surface area contributed by atoms with Crippen molar-refractivity contribution in [3.05, 3.63) is 73.8 Å². The summed E-state index contributed by atoms with van der Waals surface area (Å²) in [5.41, 5.74) is 1.04. The van der Waals surface area contributed by atoms with E-state index in [1.165, 1.54) is 0 Å². The summed E-state index contributed by atoms with van der Waals surface area (Å²) in [6, 6.07) is 12.7. The molecule has 0 saturated heterocycles. The van der Waals surface area contributed by atoms with Crippen LogP contribution in [0.2, 0.25) is 0 Å². The highest BCUT2D eigenvalue weighted by atomic mass is 16.6. The first-order chi connectivity index (χ1) is 16.4. The van der Waals surface area contributed by atoms with Crippen LogP contribution in [-0.2, 0) is 28.7 Å². The molecule has 0 amide bonds. The lowest BCUT2D eigenvalue weighted by Gasteiger charge is -2.05. The van der Waals surface area contributed by atoms with E-state index in [1.54, 1.807) is 48.5 Å². The summed E-state index contributed by atoms with van der Waals surface area (Å²) in [6.45, 7) is 6.32. The lowest BCUT2D eigenvalue weighted by atomic mass is 10.3. The topological polar surface area (TPSA) is 130 Å². The van der Waals surface area contributed by atoms with Crippen LogP contribution in [0.5, 0.6) is 11.5 Å². The molecule has 176 valence electrons. The van der Waals surface area contributed by atoms with E-state index in [1.807, 2.05) is 0 Å². The number of ether oxygens (including phenoxy) is 4. The molecule has 0 aromatic heterocycles. The number of carbonyl (C=O) groups is 4. The van der Waals surface area contributed by atoms with Crippen molar-refractivity contribution >= 4 is 35.3 Å². The van der Waals surface area contributed by atoms with Crippen molar-refractivity contribution in [2.24, 2.45) is 10.2 Å². The Kier molecular flexibility index (Phi) is 10.4. The summed E-state index contributed by atoms with van der Waals surface area (Å²) in [5.74, 6) is -1.70. The normalized spacial score (nSPS) is 10.2. The first kappa shape index (κ1) is 25.7. The molecule has 34 heavy (non-hydrogen) atoms. The third-order valence-electron chi connectivity index (χ3n) is 3.85. The number of hydrogen-bond donors (Lipinski definition) is 0. The van der Waals surface area contributed by atoms with Crippen LogP contribution in [0, 0.1) is 0 Å². The second-order valence-electron chi connectivity index (χ2n) is 6.38. The molecular formula is C24H22N2O8. The fourth-order valence-corrected chi connectivity index (χ4v) is 2.23. The summed E-state index contributed by atoms with van der Waals surface area (Å²) in [4.78, 5) is 45.3. The number of esters is 4. The summed E-state index contributed by atoms with van der Waals surface area (Å²) in [7, 11) is 0. The maximum Gasteiger partial charge on any atom is 0.330 e. The molecule has 0 aliphatic rings. The van der Waals surface area contributed by atoms with Crippen molar-refractivity contribution in [1.82, 2.24) is 0 Å². The van der Waals surface area contributed by atoms with Crippen molar-refractivity contribution in [3.63, 3.8) is 0 Å². The molecule has 0 saturated carbocycles. The Bertz CT molecular complexity index is 974. The zero-order valence-electron chi connectivity index (χ0n) is 18.2. The van der Waals surface area contributed by atoms with Crippen LogP contribution in [0.4, 0.5) is 11.4 Å². The largest absolute Gasteiger partial charge is 0.462 e. The van der Waals surface area contributed by atoms with Gasteiger partial charge in [0.05, 0.1) is 24.2 Å². The van der Waals surface area contributed by atoms with Crippen LogP contribution in [-0.4, -0.2) is 37.1 Å². The molecular weight excluding hydrogens is 444 g/mol. The maximum absolute atomic E-state index is 11.7. The standard InChI is InChI=1S/C24H22N2O8/c1-3-21(27)31-15-13-23(29)33-19-9-5-17(6-10-19)25-26-18-7-11-20(12-8-18)34-24(30)14-16-32-22(28)4-2/h3-12H,1-2,13-16H2. The van der Waals surface area contributed by atoms with E-state index < -0.39 is 23.9 Å². The summed E-state index contributed by atoms with van der Waals surface area (Å²) >= 11 is 0. The van der Waals surface area contributed by atoms with Crippen molar-refractivity contribution in [2.45, 2.75) is 12.8 Å². The van der Waals surface area contributed by atoms with Crippen LogP contribution in [0.25, 0.3) is 0 Å². The van der Waals surface area contributed by atoms with E-state index in [-0.39, 0.29) is 26.1 Å². The van der Waals surface area contributed by atoms with Gasteiger partial charge in [0, 0.05) is 12.2 Å². The second-order valence-corrected chi connectivity index (χ2v) is 6.38. The maximum atomic E-state index is 11.7. The number of carbonyl (C=O) groups excluding carboxylic acids is 4. The van der Waals surface area contributed by atoms with Gasteiger partial charge in [-0.3, -0.25) is 9.59 Å². The van der Waals surface area contributed by atoms with Crippen molar-refractivity contribution in [1.29, 1.82) is 0 Å². The molecule has 0 fully saturated rings. The molecule has 0 heterocycles. The van der Waals surface area contributed by atoms with E-state index in [9.17, 15) is 19.2 Å². The SMILES string of the molecule is C=CC(=O)OCCC(=O)Oc1ccc(N=Nc2ccc(OC(=O)CCOC(=O)C=C)cc2)cc1. The molecule has 0 unspecified atom stereocenters. The van der Waals surface area contributed by atoms with Crippen molar-refractivity contribution < 1.29 is 38.1 Å². The Morgan fingerprint density at radius 1 is 0.647 bits per heavy atom. The third kappa shape index (κ3) is 9.69. The fraction of sp³-hybridized carbons (Fsp3) is 0.167. The van der Waals surface area contributed by atoms with Gasteiger partial charge in [-0.15, -0.1) is 0 Å². The number of benzene rings is 2. The van der Waals surface area contributed by atoms with E-state index in [0.29, 0.717) is 22.9 Å². The monoisotopic (exact) mass is 466 g/mol. The third-order valence-corrected chi connectivity index (χ3v) is 3.85. The Hall–Kier alpha value is -4.60. The highest BCUT2D eigenvalue weighted by molar-refractivity contribution is 5.82. The van der Waals surface area contributed by atoms with Gasteiger partial charge in [-0.25, -0.2) is 9.59 Å². The average Bonchev–Trinajstić information content (AvgIpc) is 2.84. The molecule has 0 aliphatic carbocycles. The van der Waals surface area contributed by atoms with Gasteiger partial charge < -0.3 is 18.9 Å². The highest BCUT2D eigenvalue weighted by Crippen LogP contribution is 2.23. The van der Waals surface area contributed by atoms with Gasteiger partial charge in [0.25, 0.3) is 0 Å². The molecule has 0 aliphatic heterocycles. The minimum Gasteiger partial charge on any atom is -0.462 e. The van der Waals surface area contributed by atoms with Crippen molar-refractivity contribution in [3.8, 4) is 11.5 Å². The number of nitrogens with zero attached hydrogens (tertiary/aromatic N) is 2. The van der Waals surface area contributed by atoms with Gasteiger partial charge in [0.2, 0.25) is 0 Å². The van der Waals surface area contributed by atoms with Crippen LogP contribution in [0.1, 0.15) is 12.8 Å². The summed E-state index contributed by atoms with van der Waals surface area (Å²) in [6.07, 6.45) is 1.84. The second kappa shape index (κ2) is 13.7. The average molecular weight is 466 g/mol. The van der Waals surface area contributed by atoms with Crippen LogP contribution < -0.4 is 9.47 Å². The summed E-state index contributed by atoms with van der Waals surface area (Å²) in [5, 5.41) is 8.17. The van der Waals surface area contributed by atoms with Gasteiger partial charge in [-0.1, -0.05) is 13.2 Å². The Labute approximate surface area is 195 Å². The summed E-state index contributed by atoms with van der Waals surface area (Å²) < 4.78 is 19.7.